The minimum absolute atomic E-state index is 0.0289. The summed E-state index contributed by atoms with van der Waals surface area (Å²) in [5.41, 5.74) is 2.16. The van der Waals surface area contributed by atoms with Gasteiger partial charge in [0.1, 0.15) is 5.76 Å². The van der Waals surface area contributed by atoms with Crippen LogP contribution in [-0.4, -0.2) is 5.78 Å². The van der Waals surface area contributed by atoms with Gasteiger partial charge in [-0.05, 0) is 42.5 Å². The Bertz CT molecular complexity index is 1010. The van der Waals surface area contributed by atoms with Crippen molar-refractivity contribution in [2.45, 2.75) is 19.3 Å². The first-order valence-electron chi connectivity index (χ1n) is 8.91. The van der Waals surface area contributed by atoms with E-state index in [4.69, 9.17) is 4.74 Å². The lowest BCUT2D eigenvalue weighted by Gasteiger charge is -2.27. The first-order chi connectivity index (χ1) is 13.1. The molecule has 0 aliphatic carbocycles. The number of ether oxygens (including phenoxy) is 1. The highest BCUT2D eigenvalue weighted by Gasteiger charge is 2.47. The maximum atomic E-state index is 12.8. The molecule has 0 spiro atoms. The average molecular weight is 372 g/mol. The van der Waals surface area contributed by atoms with Gasteiger partial charge in [0.2, 0.25) is 0 Å². The van der Waals surface area contributed by atoms with Crippen molar-refractivity contribution in [3.63, 3.8) is 0 Å². The molecule has 1 unspecified atom stereocenters. The molecule has 0 amide bonds. The van der Waals surface area contributed by atoms with Gasteiger partial charge in [-0.25, -0.2) is 0 Å². The molecule has 0 N–H and O–H groups in total. The Morgan fingerprint density at radius 1 is 0.963 bits per heavy atom. The van der Waals surface area contributed by atoms with E-state index in [1.807, 2.05) is 72.1 Å². The van der Waals surface area contributed by atoms with Gasteiger partial charge in [-0.15, -0.1) is 11.3 Å². The fraction of sp³-hybridized carbons (Fsp3) is 0.125. The van der Waals surface area contributed by atoms with Crippen molar-refractivity contribution in [3.05, 3.63) is 106 Å². The number of allylic oxidation sites excluding steroid dienone is 1. The van der Waals surface area contributed by atoms with Crippen LogP contribution in [0.3, 0.4) is 0 Å². The van der Waals surface area contributed by atoms with Gasteiger partial charge in [-0.1, -0.05) is 66.7 Å². The summed E-state index contributed by atoms with van der Waals surface area (Å²) in [6, 6.07) is 24.2. The molecular weight excluding hydrogens is 352 g/mol. The highest BCUT2D eigenvalue weighted by molar-refractivity contribution is 7.11. The maximum Gasteiger partial charge on any atom is 0.160 e. The van der Waals surface area contributed by atoms with Crippen LogP contribution in [0.5, 0.6) is 0 Å². The molecule has 3 aromatic rings. The summed E-state index contributed by atoms with van der Waals surface area (Å²) < 4.78 is 6.38. The van der Waals surface area contributed by atoms with E-state index in [9.17, 15) is 4.79 Å². The lowest BCUT2D eigenvalue weighted by atomic mass is 9.73. The first kappa shape index (κ1) is 17.5. The summed E-state index contributed by atoms with van der Waals surface area (Å²) in [6.07, 6.45) is 2.04. The van der Waals surface area contributed by atoms with E-state index < -0.39 is 5.41 Å². The molecule has 27 heavy (non-hydrogen) atoms. The first-order valence-corrected chi connectivity index (χ1v) is 9.79. The second-order valence-corrected chi connectivity index (χ2v) is 7.70. The average Bonchev–Trinajstić information content (AvgIpc) is 3.31. The lowest BCUT2D eigenvalue weighted by Crippen LogP contribution is -2.27. The zero-order chi connectivity index (χ0) is 18.9. The molecule has 1 atom stereocenters. The molecule has 2 aromatic carbocycles. The smallest absolute Gasteiger partial charge is 0.160 e. The molecule has 0 saturated carbocycles. The van der Waals surface area contributed by atoms with Gasteiger partial charge in [0.25, 0.3) is 0 Å². The van der Waals surface area contributed by atoms with E-state index >= 15 is 0 Å². The Labute approximate surface area is 163 Å². The predicted molar refractivity (Wildman–Crippen MR) is 111 cm³/mol. The third kappa shape index (κ3) is 3.04. The van der Waals surface area contributed by atoms with Gasteiger partial charge in [0.15, 0.2) is 11.5 Å². The molecule has 1 aliphatic heterocycles. The van der Waals surface area contributed by atoms with E-state index in [2.05, 4.69) is 19.1 Å². The predicted octanol–water partition coefficient (Wildman–Crippen LogP) is 6.08. The SMILES string of the molecule is CC(=O)C1=C(c2cccs2)O/C(=C\c2ccccc2)C1(C)c1ccccc1. The van der Waals surface area contributed by atoms with Crippen LogP contribution < -0.4 is 0 Å². The lowest BCUT2D eigenvalue weighted by molar-refractivity contribution is -0.114. The second kappa shape index (κ2) is 7.01. The standard InChI is InChI=1S/C24H20O2S/c1-17(25)22-23(20-14-9-15-27-20)26-21(16-18-10-5-3-6-11-18)24(22,2)19-12-7-4-8-13-19/h3-16H,1-2H3/b21-16-. The molecule has 0 saturated heterocycles. The maximum absolute atomic E-state index is 12.8. The quantitative estimate of drug-likeness (QED) is 0.555. The van der Waals surface area contributed by atoms with Gasteiger partial charge in [0, 0.05) is 0 Å². The van der Waals surface area contributed by atoms with E-state index in [-0.39, 0.29) is 5.78 Å². The zero-order valence-electron chi connectivity index (χ0n) is 15.3. The molecule has 1 aromatic heterocycles. The molecule has 4 rings (SSSR count). The van der Waals surface area contributed by atoms with Crippen LogP contribution in [0, 0.1) is 0 Å². The molecule has 0 radical (unpaired) electrons. The van der Waals surface area contributed by atoms with Crippen molar-refractivity contribution in [2.24, 2.45) is 0 Å². The van der Waals surface area contributed by atoms with Crippen LogP contribution in [0.4, 0.5) is 0 Å². The van der Waals surface area contributed by atoms with Crippen molar-refractivity contribution >= 4 is 29.0 Å². The largest absolute Gasteiger partial charge is 0.458 e. The number of hydrogen-bond donors (Lipinski definition) is 0. The van der Waals surface area contributed by atoms with Crippen LogP contribution in [0.2, 0.25) is 0 Å². The van der Waals surface area contributed by atoms with Crippen LogP contribution in [0.1, 0.15) is 29.9 Å². The number of rotatable bonds is 4. The van der Waals surface area contributed by atoms with Crippen LogP contribution in [0.25, 0.3) is 11.8 Å². The van der Waals surface area contributed by atoms with Crippen molar-refractivity contribution in [3.8, 4) is 0 Å². The number of ketones is 1. The molecule has 2 nitrogen and oxygen atoms in total. The van der Waals surface area contributed by atoms with Crippen LogP contribution >= 0.6 is 11.3 Å². The molecule has 2 heterocycles. The monoisotopic (exact) mass is 372 g/mol. The number of thiophene rings is 1. The number of hydrogen-bond acceptors (Lipinski definition) is 3. The van der Waals surface area contributed by atoms with Crippen LogP contribution in [-0.2, 0) is 14.9 Å². The molecular formula is C24H20O2S. The molecule has 0 fully saturated rings. The summed E-state index contributed by atoms with van der Waals surface area (Å²) >= 11 is 1.58. The Morgan fingerprint density at radius 3 is 2.22 bits per heavy atom. The highest BCUT2D eigenvalue weighted by atomic mass is 32.1. The van der Waals surface area contributed by atoms with Crippen LogP contribution in [0.15, 0.2) is 89.5 Å². The third-order valence-corrected chi connectivity index (χ3v) is 5.85. The molecule has 3 heteroatoms. The molecule has 134 valence electrons. The Kier molecular flexibility index (Phi) is 4.54. The third-order valence-electron chi connectivity index (χ3n) is 4.98. The van der Waals surface area contributed by atoms with Gasteiger partial charge >= 0.3 is 0 Å². The van der Waals surface area contributed by atoms with E-state index in [1.54, 1.807) is 18.3 Å². The Morgan fingerprint density at radius 2 is 1.63 bits per heavy atom. The van der Waals surface area contributed by atoms with Gasteiger partial charge < -0.3 is 4.74 Å². The fourth-order valence-electron chi connectivity index (χ4n) is 3.64. The fourth-order valence-corrected chi connectivity index (χ4v) is 4.35. The summed E-state index contributed by atoms with van der Waals surface area (Å²) in [6.45, 7) is 3.70. The minimum Gasteiger partial charge on any atom is -0.458 e. The van der Waals surface area contributed by atoms with Crippen molar-refractivity contribution < 1.29 is 9.53 Å². The summed E-state index contributed by atoms with van der Waals surface area (Å²) in [5.74, 6) is 1.47. The number of carbonyl (C=O) groups is 1. The molecule has 0 bridgehead atoms. The van der Waals surface area contributed by atoms with Crippen molar-refractivity contribution in [1.29, 1.82) is 0 Å². The van der Waals surface area contributed by atoms with Gasteiger partial charge in [-0.3, -0.25) is 4.79 Å². The van der Waals surface area contributed by atoms with E-state index in [0.717, 1.165) is 21.8 Å². The van der Waals surface area contributed by atoms with Gasteiger partial charge in [-0.2, -0.15) is 0 Å². The van der Waals surface area contributed by atoms with E-state index in [1.165, 1.54) is 0 Å². The topological polar surface area (TPSA) is 26.3 Å². The second-order valence-electron chi connectivity index (χ2n) is 6.75. The minimum atomic E-state index is -0.637. The Balaban J connectivity index is 1.97. The molecule has 1 aliphatic rings. The highest BCUT2D eigenvalue weighted by Crippen LogP contribution is 2.51. The van der Waals surface area contributed by atoms with Crippen molar-refractivity contribution in [2.75, 3.05) is 0 Å². The zero-order valence-corrected chi connectivity index (χ0v) is 16.1. The van der Waals surface area contributed by atoms with Crippen molar-refractivity contribution in [1.82, 2.24) is 0 Å². The summed E-state index contributed by atoms with van der Waals surface area (Å²) in [4.78, 5) is 13.7. The van der Waals surface area contributed by atoms with Gasteiger partial charge in [0.05, 0.1) is 15.9 Å². The van der Waals surface area contributed by atoms with E-state index in [0.29, 0.717) is 11.3 Å². The summed E-state index contributed by atoms with van der Waals surface area (Å²) in [5, 5.41) is 2.00. The number of Topliss-reactive ketones (excluding diaryl/α,β-unsaturated/α-hetero) is 1. The Hall–Kier alpha value is -2.91. The normalized spacial score (nSPS) is 20.7. The number of benzene rings is 2. The summed E-state index contributed by atoms with van der Waals surface area (Å²) in [7, 11) is 0. The number of carbonyl (C=O) groups excluding carboxylic acids is 1.